The number of carbonyl (C=O) groups excluding carboxylic acids is 1. The maximum Gasteiger partial charge on any atom is 0.412 e. The van der Waals surface area contributed by atoms with Crippen LogP contribution in [0.15, 0.2) is 18.2 Å². The molecule has 0 unspecified atom stereocenters. The van der Waals surface area contributed by atoms with E-state index in [0.29, 0.717) is 17.9 Å². The van der Waals surface area contributed by atoms with E-state index in [1.54, 1.807) is 18.2 Å². The first-order chi connectivity index (χ1) is 7.76. The maximum absolute atomic E-state index is 10.9. The van der Waals surface area contributed by atoms with E-state index < -0.39 is 6.09 Å². The van der Waals surface area contributed by atoms with E-state index in [1.165, 1.54) is 7.11 Å². The summed E-state index contributed by atoms with van der Waals surface area (Å²) < 4.78 is 4.43. The molecule has 84 valence electrons. The van der Waals surface area contributed by atoms with Gasteiger partial charge in [0.1, 0.15) is 11.5 Å². The number of nitrogens with zero attached hydrogens (tertiary/aromatic N) is 1. The van der Waals surface area contributed by atoms with E-state index in [1.807, 2.05) is 0 Å². The van der Waals surface area contributed by atoms with Crippen LogP contribution in [0.2, 0.25) is 0 Å². The average molecular weight is 220 g/mol. The third kappa shape index (κ3) is 3.98. The number of carbonyl (C=O) groups is 1. The summed E-state index contributed by atoms with van der Waals surface area (Å²) >= 11 is 0. The lowest BCUT2D eigenvalue weighted by molar-refractivity contribution is 0.187. The molecule has 0 atom stereocenters. The molecule has 2 N–H and O–H groups in total. The van der Waals surface area contributed by atoms with Gasteiger partial charge in [-0.15, -0.1) is 0 Å². The Hall–Kier alpha value is -2.06. The van der Waals surface area contributed by atoms with Crippen LogP contribution >= 0.6 is 0 Å². The van der Waals surface area contributed by atoms with Crippen LogP contribution in [0.4, 0.5) is 10.6 Å². The summed E-state index contributed by atoms with van der Waals surface area (Å²) in [4.78, 5) is 15.0. The van der Waals surface area contributed by atoms with Crippen LogP contribution < -0.4 is 5.32 Å². The second-order valence-electron chi connectivity index (χ2n) is 2.80. The second kappa shape index (κ2) is 6.43. The van der Waals surface area contributed by atoms with Gasteiger partial charge in [-0.2, -0.15) is 0 Å². The minimum atomic E-state index is -0.576. The van der Waals surface area contributed by atoms with Crippen molar-refractivity contribution in [3.63, 3.8) is 0 Å². The molecule has 1 heterocycles. The highest BCUT2D eigenvalue weighted by Gasteiger charge is 2.01. The van der Waals surface area contributed by atoms with Crippen molar-refractivity contribution in [3.05, 3.63) is 23.9 Å². The van der Waals surface area contributed by atoms with Crippen molar-refractivity contribution >= 4 is 11.9 Å². The number of aliphatic hydroxyl groups excluding tert-OH is 1. The fourth-order valence-corrected chi connectivity index (χ4v) is 0.939. The molecule has 0 spiro atoms. The zero-order valence-electron chi connectivity index (χ0n) is 8.86. The third-order valence-corrected chi connectivity index (χ3v) is 1.62. The van der Waals surface area contributed by atoms with Crippen molar-refractivity contribution in [1.29, 1.82) is 0 Å². The molecule has 16 heavy (non-hydrogen) atoms. The van der Waals surface area contributed by atoms with Crippen LogP contribution in [0.1, 0.15) is 12.1 Å². The molecule has 0 radical (unpaired) electrons. The number of anilines is 1. The van der Waals surface area contributed by atoms with Crippen LogP contribution in [0.25, 0.3) is 0 Å². The van der Waals surface area contributed by atoms with Gasteiger partial charge in [-0.05, 0) is 18.1 Å². The quantitative estimate of drug-likeness (QED) is 0.729. The fourth-order valence-electron chi connectivity index (χ4n) is 0.939. The Balaban J connectivity index is 2.72. The highest BCUT2D eigenvalue weighted by Crippen LogP contribution is 2.04. The number of aliphatic hydroxyl groups is 1. The first kappa shape index (κ1) is 12.0. The molecule has 0 aliphatic rings. The van der Waals surface area contributed by atoms with Crippen LogP contribution in [-0.2, 0) is 4.74 Å². The molecule has 0 fully saturated rings. The zero-order chi connectivity index (χ0) is 11.8. The summed E-state index contributed by atoms with van der Waals surface area (Å²) in [5.41, 5.74) is 0.530. The van der Waals surface area contributed by atoms with E-state index in [4.69, 9.17) is 5.11 Å². The number of hydrogen-bond donors (Lipinski definition) is 2. The highest BCUT2D eigenvalue weighted by atomic mass is 16.5. The topological polar surface area (TPSA) is 71.5 Å². The summed E-state index contributed by atoms with van der Waals surface area (Å²) in [6.07, 6.45) is -0.177. The highest BCUT2D eigenvalue weighted by molar-refractivity contribution is 5.83. The van der Waals surface area contributed by atoms with Crippen molar-refractivity contribution in [2.75, 3.05) is 19.0 Å². The van der Waals surface area contributed by atoms with Crippen molar-refractivity contribution in [3.8, 4) is 11.8 Å². The zero-order valence-corrected chi connectivity index (χ0v) is 8.86. The Morgan fingerprint density at radius 1 is 1.62 bits per heavy atom. The standard InChI is InChI=1S/C11H12N2O3/c1-16-11(15)13-10-7-4-6-9(12-10)5-2-3-8-14/h4,6-7,14H,3,8H2,1H3,(H,12,13,15). The van der Waals surface area contributed by atoms with E-state index in [-0.39, 0.29) is 6.61 Å². The third-order valence-electron chi connectivity index (χ3n) is 1.62. The Bertz CT molecular complexity index is 421. The van der Waals surface area contributed by atoms with E-state index >= 15 is 0 Å². The van der Waals surface area contributed by atoms with Crippen LogP contribution in [0.5, 0.6) is 0 Å². The predicted molar refractivity (Wildman–Crippen MR) is 58.8 cm³/mol. The molecule has 1 aromatic heterocycles. The van der Waals surface area contributed by atoms with Crippen molar-refractivity contribution < 1.29 is 14.6 Å². The monoisotopic (exact) mass is 220 g/mol. The Kier molecular flexibility index (Phi) is 4.83. The molecule has 0 aromatic carbocycles. The van der Waals surface area contributed by atoms with Gasteiger partial charge in [0, 0.05) is 6.42 Å². The van der Waals surface area contributed by atoms with Crippen molar-refractivity contribution in [2.24, 2.45) is 0 Å². The van der Waals surface area contributed by atoms with E-state index in [0.717, 1.165) is 0 Å². The smallest absolute Gasteiger partial charge is 0.412 e. The Morgan fingerprint density at radius 2 is 2.44 bits per heavy atom. The number of pyridine rings is 1. The van der Waals surface area contributed by atoms with Gasteiger partial charge in [0.25, 0.3) is 0 Å². The van der Waals surface area contributed by atoms with Gasteiger partial charge in [0.05, 0.1) is 13.7 Å². The minimum Gasteiger partial charge on any atom is -0.453 e. The summed E-state index contributed by atoms with van der Waals surface area (Å²) in [5.74, 6) is 5.88. The molecule has 0 saturated heterocycles. The number of amides is 1. The minimum absolute atomic E-state index is 0.0209. The van der Waals surface area contributed by atoms with Crippen LogP contribution in [0.3, 0.4) is 0 Å². The summed E-state index contributed by atoms with van der Waals surface area (Å²) in [6.45, 7) is 0.0209. The number of aromatic nitrogens is 1. The Labute approximate surface area is 93.5 Å². The predicted octanol–water partition coefficient (Wildman–Crippen LogP) is 0.994. The van der Waals surface area contributed by atoms with Gasteiger partial charge in [-0.3, -0.25) is 5.32 Å². The first-order valence-corrected chi connectivity index (χ1v) is 4.68. The van der Waals surface area contributed by atoms with Gasteiger partial charge in [-0.1, -0.05) is 12.0 Å². The molecular formula is C11H12N2O3. The molecule has 0 aliphatic heterocycles. The molecule has 1 amide bonds. The second-order valence-corrected chi connectivity index (χ2v) is 2.80. The number of methoxy groups -OCH3 is 1. The van der Waals surface area contributed by atoms with Gasteiger partial charge < -0.3 is 9.84 Å². The lowest BCUT2D eigenvalue weighted by Crippen LogP contribution is -2.12. The van der Waals surface area contributed by atoms with Crippen molar-refractivity contribution in [2.45, 2.75) is 6.42 Å². The van der Waals surface area contributed by atoms with Crippen molar-refractivity contribution in [1.82, 2.24) is 4.98 Å². The molecule has 1 aromatic rings. The SMILES string of the molecule is COC(=O)Nc1cccc(C#CCCO)n1. The summed E-state index contributed by atoms with van der Waals surface area (Å²) in [7, 11) is 1.28. The molecule has 5 heteroatoms. The molecule has 5 nitrogen and oxygen atoms in total. The normalized spacial score (nSPS) is 8.88. The number of ether oxygens (including phenoxy) is 1. The lowest BCUT2D eigenvalue weighted by atomic mass is 10.3. The first-order valence-electron chi connectivity index (χ1n) is 4.68. The van der Waals surface area contributed by atoms with Gasteiger partial charge >= 0.3 is 6.09 Å². The fraction of sp³-hybridized carbons (Fsp3) is 0.273. The van der Waals surface area contributed by atoms with Gasteiger partial charge in [0.15, 0.2) is 0 Å². The summed E-state index contributed by atoms with van der Waals surface area (Å²) in [6, 6.07) is 5.07. The molecule has 0 saturated carbocycles. The van der Waals surface area contributed by atoms with Crippen LogP contribution in [0, 0.1) is 11.8 Å². The Morgan fingerprint density at radius 3 is 3.12 bits per heavy atom. The van der Waals surface area contributed by atoms with Gasteiger partial charge in [0.2, 0.25) is 0 Å². The number of nitrogens with one attached hydrogen (secondary N) is 1. The van der Waals surface area contributed by atoms with Crippen LogP contribution in [-0.4, -0.2) is 29.9 Å². The largest absolute Gasteiger partial charge is 0.453 e. The number of hydrogen-bond acceptors (Lipinski definition) is 4. The summed E-state index contributed by atoms with van der Waals surface area (Å²) in [5, 5.41) is 11.0. The van der Waals surface area contributed by atoms with E-state index in [2.05, 4.69) is 26.9 Å². The lowest BCUT2D eigenvalue weighted by Gasteiger charge is -2.01. The number of rotatable bonds is 2. The van der Waals surface area contributed by atoms with E-state index in [9.17, 15) is 4.79 Å². The molecule has 0 bridgehead atoms. The average Bonchev–Trinajstić information content (AvgIpc) is 2.30. The molecule has 1 rings (SSSR count). The van der Waals surface area contributed by atoms with Gasteiger partial charge in [-0.25, -0.2) is 9.78 Å². The molecule has 0 aliphatic carbocycles. The maximum atomic E-state index is 10.9. The molecular weight excluding hydrogens is 208 g/mol.